The van der Waals surface area contributed by atoms with Crippen LogP contribution in [0.2, 0.25) is 0 Å². The number of rotatable bonds is 7. The Hall–Kier alpha value is -2.15. The van der Waals surface area contributed by atoms with Gasteiger partial charge in [0.05, 0.1) is 18.4 Å². The third-order valence-corrected chi connectivity index (χ3v) is 6.59. The van der Waals surface area contributed by atoms with Gasteiger partial charge >= 0.3 is 0 Å². The number of aliphatic imine (C=N–C) groups is 1. The molecule has 2 fully saturated rings. The molecule has 4 unspecified atom stereocenters. The number of fused-ring (bicyclic) bond motifs is 5. The second-order valence-electron chi connectivity index (χ2n) is 7.38. The molecule has 2 N–H and O–H groups in total. The number of carbonyl (C=O) groups is 2. The van der Waals surface area contributed by atoms with Crippen LogP contribution in [0.4, 0.5) is 0 Å². The lowest BCUT2D eigenvalue weighted by Crippen LogP contribution is -2.40. The fourth-order valence-corrected chi connectivity index (χ4v) is 5.16. The predicted octanol–water partition coefficient (Wildman–Crippen LogP) is 2.00. The first-order valence-corrected chi connectivity index (χ1v) is 10.6. The monoisotopic (exact) mass is 386 g/mol. The average Bonchev–Trinajstić information content (AvgIpc) is 3.44. The van der Waals surface area contributed by atoms with Crippen molar-refractivity contribution in [1.82, 2.24) is 15.5 Å². The maximum absolute atomic E-state index is 12.7. The molecule has 4 rings (SSSR count). The summed E-state index contributed by atoms with van der Waals surface area (Å²) in [7, 11) is 0. The molecule has 0 radical (unpaired) electrons. The Morgan fingerprint density at radius 2 is 1.96 bits per heavy atom. The summed E-state index contributed by atoms with van der Waals surface area (Å²) in [5.74, 6) is 1.23. The van der Waals surface area contributed by atoms with Crippen LogP contribution in [0.3, 0.4) is 0 Å². The first-order valence-electron chi connectivity index (χ1n) is 9.77. The number of hydrogen-bond donors (Lipinski definition) is 2. The van der Waals surface area contributed by atoms with E-state index >= 15 is 0 Å². The standard InChI is InChI=1S/C20H26N4O2S/c1-2-21-20(23-12-15-5-3-10-27-15)22-8-4-9-24-18(25)16-13-6-7-14(11-13)17(16)19(24)26/h3,5-7,10,13-14,16-17H,2,4,8-9,11-12H2,1H3,(H2,21,22,23). The number of guanidine groups is 1. The van der Waals surface area contributed by atoms with Crippen LogP contribution in [-0.2, 0) is 16.1 Å². The highest BCUT2D eigenvalue weighted by molar-refractivity contribution is 7.09. The molecule has 4 atom stereocenters. The SMILES string of the molecule is CCNC(=NCc1cccs1)NCCCN1C(=O)C2C3C=CC(C3)C2C1=O. The first kappa shape index (κ1) is 18.2. The number of thiophene rings is 1. The summed E-state index contributed by atoms with van der Waals surface area (Å²) < 4.78 is 0. The molecule has 3 aliphatic rings. The number of amides is 2. The minimum Gasteiger partial charge on any atom is -0.357 e. The number of hydrogen-bond acceptors (Lipinski definition) is 4. The van der Waals surface area contributed by atoms with Gasteiger partial charge < -0.3 is 10.6 Å². The van der Waals surface area contributed by atoms with Crippen LogP contribution in [0.25, 0.3) is 0 Å². The van der Waals surface area contributed by atoms with Crippen LogP contribution in [0.5, 0.6) is 0 Å². The molecule has 0 spiro atoms. The molecule has 27 heavy (non-hydrogen) atoms. The van der Waals surface area contributed by atoms with Gasteiger partial charge in [0.1, 0.15) is 0 Å². The van der Waals surface area contributed by atoms with Gasteiger partial charge in [-0.1, -0.05) is 18.2 Å². The summed E-state index contributed by atoms with van der Waals surface area (Å²) >= 11 is 1.69. The van der Waals surface area contributed by atoms with E-state index < -0.39 is 0 Å². The molecule has 1 aromatic heterocycles. The third kappa shape index (κ3) is 3.52. The minimum absolute atomic E-state index is 0.0418. The Morgan fingerprint density at radius 3 is 2.59 bits per heavy atom. The van der Waals surface area contributed by atoms with Gasteiger partial charge in [0.2, 0.25) is 11.8 Å². The first-order chi connectivity index (χ1) is 13.2. The summed E-state index contributed by atoms with van der Waals surface area (Å²) in [6.07, 6.45) is 5.97. The maximum atomic E-state index is 12.7. The highest BCUT2D eigenvalue weighted by Crippen LogP contribution is 2.52. The largest absolute Gasteiger partial charge is 0.357 e. The molecule has 2 heterocycles. The zero-order valence-electron chi connectivity index (χ0n) is 15.6. The van der Waals surface area contributed by atoms with E-state index in [-0.39, 0.29) is 35.5 Å². The van der Waals surface area contributed by atoms with Crippen molar-refractivity contribution in [1.29, 1.82) is 0 Å². The molecule has 2 aliphatic carbocycles. The van der Waals surface area contributed by atoms with Crippen LogP contribution in [0.15, 0.2) is 34.7 Å². The van der Waals surface area contributed by atoms with Gasteiger partial charge in [0, 0.05) is 24.5 Å². The van der Waals surface area contributed by atoms with E-state index in [1.54, 1.807) is 11.3 Å². The number of imide groups is 1. The lowest BCUT2D eigenvalue weighted by Gasteiger charge is -2.18. The minimum atomic E-state index is -0.0925. The average molecular weight is 387 g/mol. The van der Waals surface area contributed by atoms with Gasteiger partial charge in [-0.05, 0) is 43.0 Å². The molecule has 0 aromatic carbocycles. The highest BCUT2D eigenvalue weighted by Gasteiger charge is 2.58. The molecule has 7 heteroatoms. The topological polar surface area (TPSA) is 73.8 Å². The molecule has 144 valence electrons. The van der Waals surface area contributed by atoms with Crippen molar-refractivity contribution in [2.75, 3.05) is 19.6 Å². The third-order valence-electron chi connectivity index (χ3n) is 5.73. The Labute approximate surface area is 163 Å². The van der Waals surface area contributed by atoms with Gasteiger partial charge in [0.25, 0.3) is 0 Å². The van der Waals surface area contributed by atoms with Crippen molar-refractivity contribution in [2.45, 2.75) is 26.3 Å². The van der Waals surface area contributed by atoms with Crippen molar-refractivity contribution in [3.05, 3.63) is 34.5 Å². The van der Waals surface area contributed by atoms with Gasteiger partial charge in [-0.3, -0.25) is 14.5 Å². The van der Waals surface area contributed by atoms with Crippen LogP contribution < -0.4 is 10.6 Å². The van der Waals surface area contributed by atoms with E-state index in [9.17, 15) is 9.59 Å². The molecule has 2 amide bonds. The van der Waals surface area contributed by atoms with Crippen LogP contribution in [-0.4, -0.2) is 42.3 Å². The van der Waals surface area contributed by atoms with Crippen molar-refractivity contribution in [3.63, 3.8) is 0 Å². The summed E-state index contributed by atoms with van der Waals surface area (Å²) in [5.41, 5.74) is 0. The van der Waals surface area contributed by atoms with E-state index in [0.717, 1.165) is 25.3 Å². The fraction of sp³-hybridized carbons (Fsp3) is 0.550. The van der Waals surface area contributed by atoms with E-state index in [4.69, 9.17) is 0 Å². The summed E-state index contributed by atoms with van der Waals surface area (Å²) in [6.45, 7) is 4.63. The number of likely N-dealkylation sites (tertiary alicyclic amines) is 1. The Balaban J connectivity index is 1.26. The van der Waals surface area contributed by atoms with Crippen LogP contribution in [0, 0.1) is 23.7 Å². The quantitative estimate of drug-likeness (QED) is 0.247. The van der Waals surface area contributed by atoms with Crippen molar-refractivity contribution in [2.24, 2.45) is 28.7 Å². The second-order valence-corrected chi connectivity index (χ2v) is 8.42. The lowest BCUT2D eigenvalue weighted by molar-refractivity contribution is -0.140. The Morgan fingerprint density at radius 1 is 1.22 bits per heavy atom. The van der Waals surface area contributed by atoms with Crippen LogP contribution in [0.1, 0.15) is 24.6 Å². The van der Waals surface area contributed by atoms with Crippen molar-refractivity contribution < 1.29 is 9.59 Å². The molecule has 1 saturated carbocycles. The number of nitrogens with zero attached hydrogens (tertiary/aromatic N) is 2. The van der Waals surface area contributed by atoms with E-state index in [2.05, 4.69) is 33.8 Å². The molecule has 1 saturated heterocycles. The van der Waals surface area contributed by atoms with Crippen LogP contribution >= 0.6 is 11.3 Å². The predicted molar refractivity (Wildman–Crippen MR) is 106 cm³/mol. The molecular formula is C20H26N4O2S. The summed E-state index contributed by atoms with van der Waals surface area (Å²) in [6, 6.07) is 4.10. The van der Waals surface area contributed by atoms with E-state index in [1.807, 2.05) is 18.4 Å². The molecule has 1 aliphatic heterocycles. The normalized spacial score (nSPS) is 28.9. The highest BCUT2D eigenvalue weighted by atomic mass is 32.1. The lowest BCUT2D eigenvalue weighted by atomic mass is 9.85. The molecule has 1 aromatic rings. The molecule has 6 nitrogen and oxygen atoms in total. The smallest absolute Gasteiger partial charge is 0.233 e. The van der Waals surface area contributed by atoms with Gasteiger partial charge in [-0.25, -0.2) is 4.99 Å². The number of allylic oxidation sites excluding steroid dienone is 2. The zero-order chi connectivity index (χ0) is 18.8. The van der Waals surface area contributed by atoms with Gasteiger partial charge in [-0.2, -0.15) is 0 Å². The van der Waals surface area contributed by atoms with E-state index in [1.165, 1.54) is 9.78 Å². The Bertz CT molecular complexity index is 728. The molecule has 2 bridgehead atoms. The van der Waals surface area contributed by atoms with Crippen molar-refractivity contribution in [3.8, 4) is 0 Å². The van der Waals surface area contributed by atoms with Crippen molar-refractivity contribution >= 4 is 29.1 Å². The number of carbonyl (C=O) groups excluding carboxylic acids is 2. The van der Waals surface area contributed by atoms with Gasteiger partial charge in [-0.15, -0.1) is 11.3 Å². The maximum Gasteiger partial charge on any atom is 0.233 e. The molecular weight excluding hydrogens is 360 g/mol. The van der Waals surface area contributed by atoms with E-state index in [0.29, 0.717) is 19.6 Å². The second kappa shape index (κ2) is 7.84. The Kier molecular flexibility index (Phi) is 5.29. The summed E-state index contributed by atoms with van der Waals surface area (Å²) in [5, 5.41) is 8.58. The fourth-order valence-electron chi connectivity index (χ4n) is 4.53. The summed E-state index contributed by atoms with van der Waals surface area (Å²) in [4.78, 5) is 32.6. The zero-order valence-corrected chi connectivity index (χ0v) is 16.4. The number of nitrogens with one attached hydrogen (secondary N) is 2. The van der Waals surface area contributed by atoms with Gasteiger partial charge in [0.15, 0.2) is 5.96 Å².